The van der Waals surface area contributed by atoms with Gasteiger partial charge in [-0.05, 0) is 26.0 Å². The highest BCUT2D eigenvalue weighted by Gasteiger charge is 2.23. The van der Waals surface area contributed by atoms with Crippen LogP contribution in [0.25, 0.3) is 0 Å². The minimum absolute atomic E-state index is 0.0126. The molecule has 2 heterocycles. The van der Waals surface area contributed by atoms with E-state index in [4.69, 9.17) is 0 Å². The molecule has 0 bridgehead atoms. The van der Waals surface area contributed by atoms with Crippen molar-refractivity contribution in [2.24, 2.45) is 5.10 Å². The van der Waals surface area contributed by atoms with Gasteiger partial charge in [-0.2, -0.15) is 10.1 Å². The molecule has 1 aromatic rings. The van der Waals surface area contributed by atoms with Crippen LogP contribution in [0, 0.1) is 6.92 Å². The molecule has 0 atom stereocenters. The van der Waals surface area contributed by atoms with E-state index in [1.165, 1.54) is 5.01 Å². The summed E-state index contributed by atoms with van der Waals surface area (Å²) in [6, 6.07) is 3.65. The molecule has 1 amide bonds. The predicted octanol–water partition coefficient (Wildman–Crippen LogP) is 1.50. The van der Waals surface area contributed by atoms with Gasteiger partial charge in [0.05, 0.1) is 17.8 Å². The minimum Gasteiger partial charge on any atom is -0.272 e. The fourth-order valence-corrected chi connectivity index (χ4v) is 1.44. The van der Waals surface area contributed by atoms with E-state index in [-0.39, 0.29) is 5.91 Å². The Bertz CT molecular complexity index is 412. The number of nitrogens with zero attached hydrogens (tertiary/aromatic N) is 3. The first-order valence-electron chi connectivity index (χ1n) is 4.47. The Hall–Kier alpha value is -1.71. The van der Waals surface area contributed by atoms with E-state index in [0.29, 0.717) is 6.42 Å². The van der Waals surface area contributed by atoms with E-state index in [9.17, 15) is 4.79 Å². The molecule has 1 aliphatic rings. The zero-order valence-corrected chi connectivity index (χ0v) is 8.19. The minimum atomic E-state index is 0.0126. The molecule has 1 aliphatic heterocycles. The molecule has 1 aromatic heterocycles. The van der Waals surface area contributed by atoms with E-state index in [2.05, 4.69) is 10.1 Å². The highest BCUT2D eigenvalue weighted by atomic mass is 16.2. The molecule has 0 aromatic carbocycles. The van der Waals surface area contributed by atoms with Gasteiger partial charge in [-0.3, -0.25) is 9.78 Å². The van der Waals surface area contributed by atoms with Gasteiger partial charge >= 0.3 is 0 Å². The first kappa shape index (κ1) is 8.87. The lowest BCUT2D eigenvalue weighted by Gasteiger charge is -2.12. The quantitative estimate of drug-likeness (QED) is 0.672. The summed E-state index contributed by atoms with van der Waals surface area (Å²) < 4.78 is 0. The molecule has 0 saturated carbocycles. The van der Waals surface area contributed by atoms with Crippen LogP contribution in [-0.4, -0.2) is 16.6 Å². The van der Waals surface area contributed by atoms with Gasteiger partial charge < -0.3 is 0 Å². The van der Waals surface area contributed by atoms with Gasteiger partial charge in [0.2, 0.25) is 0 Å². The summed E-state index contributed by atoms with van der Waals surface area (Å²) in [5.74, 6) is 0.0126. The van der Waals surface area contributed by atoms with Crippen molar-refractivity contribution in [3.05, 3.63) is 24.0 Å². The Labute approximate surface area is 82.3 Å². The van der Waals surface area contributed by atoms with Crippen LogP contribution in [0.5, 0.6) is 0 Å². The summed E-state index contributed by atoms with van der Waals surface area (Å²) in [6.07, 6.45) is 2.12. The fraction of sp³-hybridized carbons (Fsp3) is 0.300. The first-order chi connectivity index (χ1) is 6.68. The molecular weight excluding hydrogens is 178 g/mol. The van der Waals surface area contributed by atoms with E-state index in [0.717, 1.165) is 17.1 Å². The van der Waals surface area contributed by atoms with Crippen molar-refractivity contribution < 1.29 is 4.79 Å². The van der Waals surface area contributed by atoms with E-state index >= 15 is 0 Å². The van der Waals surface area contributed by atoms with Crippen LogP contribution in [0.1, 0.15) is 19.0 Å². The van der Waals surface area contributed by atoms with Crippen LogP contribution in [0.4, 0.5) is 5.69 Å². The SMILES string of the molecule is CC1=NN(c2cccnc2C)C(=O)C1. The maximum absolute atomic E-state index is 11.5. The van der Waals surface area contributed by atoms with Crippen molar-refractivity contribution in [1.29, 1.82) is 0 Å². The summed E-state index contributed by atoms with van der Waals surface area (Å²) in [5.41, 5.74) is 2.44. The monoisotopic (exact) mass is 189 g/mol. The lowest BCUT2D eigenvalue weighted by Crippen LogP contribution is -2.20. The third-order valence-electron chi connectivity index (χ3n) is 2.12. The van der Waals surface area contributed by atoms with Gasteiger partial charge in [0.1, 0.15) is 0 Å². The number of hydrazone groups is 1. The lowest BCUT2D eigenvalue weighted by atomic mass is 10.3. The Kier molecular flexibility index (Phi) is 2.04. The van der Waals surface area contributed by atoms with E-state index in [1.54, 1.807) is 12.3 Å². The number of carbonyl (C=O) groups is 1. The molecule has 0 fully saturated rings. The smallest absolute Gasteiger partial charge is 0.253 e. The molecule has 4 heteroatoms. The second-order valence-corrected chi connectivity index (χ2v) is 3.33. The predicted molar refractivity (Wildman–Crippen MR) is 54.2 cm³/mol. The summed E-state index contributed by atoms with van der Waals surface area (Å²) in [5, 5.41) is 5.59. The standard InChI is InChI=1S/C10H11N3O/c1-7-6-10(14)13(12-7)9-4-3-5-11-8(9)2/h3-5H,6H2,1-2H3. The van der Waals surface area contributed by atoms with Crippen LogP contribution in [0.15, 0.2) is 23.4 Å². The maximum Gasteiger partial charge on any atom is 0.253 e. The van der Waals surface area contributed by atoms with Crippen molar-refractivity contribution >= 4 is 17.3 Å². The van der Waals surface area contributed by atoms with Gasteiger partial charge in [-0.25, -0.2) is 0 Å². The van der Waals surface area contributed by atoms with Crippen LogP contribution in [0.2, 0.25) is 0 Å². The summed E-state index contributed by atoms with van der Waals surface area (Å²) in [7, 11) is 0. The lowest BCUT2D eigenvalue weighted by molar-refractivity contribution is -0.116. The Morgan fingerprint density at radius 1 is 1.43 bits per heavy atom. The summed E-state index contributed by atoms with van der Waals surface area (Å²) in [6.45, 7) is 3.72. The fourth-order valence-electron chi connectivity index (χ4n) is 1.44. The zero-order valence-electron chi connectivity index (χ0n) is 8.19. The van der Waals surface area contributed by atoms with Crippen molar-refractivity contribution in [1.82, 2.24) is 4.98 Å². The second kappa shape index (κ2) is 3.21. The second-order valence-electron chi connectivity index (χ2n) is 3.33. The molecule has 4 nitrogen and oxygen atoms in total. The first-order valence-corrected chi connectivity index (χ1v) is 4.47. The number of hydrogen-bond donors (Lipinski definition) is 0. The normalized spacial score (nSPS) is 16.0. The van der Waals surface area contributed by atoms with Crippen molar-refractivity contribution in [3.8, 4) is 0 Å². The van der Waals surface area contributed by atoms with Crippen LogP contribution in [0.3, 0.4) is 0 Å². The third kappa shape index (κ3) is 1.39. The third-order valence-corrected chi connectivity index (χ3v) is 2.12. The van der Waals surface area contributed by atoms with Crippen LogP contribution in [-0.2, 0) is 4.79 Å². The molecule has 14 heavy (non-hydrogen) atoms. The molecule has 72 valence electrons. The number of aromatic nitrogens is 1. The molecule has 0 spiro atoms. The Balaban J connectivity index is 2.41. The molecule has 0 unspecified atom stereocenters. The van der Waals surface area contributed by atoms with Crippen molar-refractivity contribution in [3.63, 3.8) is 0 Å². The summed E-state index contributed by atoms with van der Waals surface area (Å²) >= 11 is 0. The van der Waals surface area contributed by atoms with Crippen LogP contribution < -0.4 is 5.01 Å². The number of aryl methyl sites for hydroxylation is 1. The van der Waals surface area contributed by atoms with Gasteiger partial charge in [-0.1, -0.05) is 0 Å². The number of carbonyl (C=O) groups excluding carboxylic acids is 1. The van der Waals surface area contributed by atoms with Gasteiger partial charge in [-0.15, -0.1) is 0 Å². The highest BCUT2D eigenvalue weighted by molar-refractivity contribution is 6.12. The van der Waals surface area contributed by atoms with Gasteiger partial charge in [0, 0.05) is 11.9 Å². The number of rotatable bonds is 1. The topological polar surface area (TPSA) is 45.6 Å². The molecule has 0 saturated heterocycles. The number of anilines is 1. The largest absolute Gasteiger partial charge is 0.272 e. The molecule has 0 radical (unpaired) electrons. The zero-order chi connectivity index (χ0) is 10.1. The van der Waals surface area contributed by atoms with Gasteiger partial charge in [0.25, 0.3) is 5.91 Å². The average molecular weight is 189 g/mol. The van der Waals surface area contributed by atoms with Crippen LogP contribution >= 0.6 is 0 Å². The number of hydrogen-bond acceptors (Lipinski definition) is 3. The average Bonchev–Trinajstić information content (AvgIpc) is 2.46. The highest BCUT2D eigenvalue weighted by Crippen LogP contribution is 2.22. The van der Waals surface area contributed by atoms with Crippen molar-refractivity contribution in [2.45, 2.75) is 20.3 Å². The molecular formula is C10H11N3O. The Morgan fingerprint density at radius 3 is 2.79 bits per heavy atom. The van der Waals surface area contributed by atoms with Crippen molar-refractivity contribution in [2.75, 3.05) is 5.01 Å². The maximum atomic E-state index is 11.5. The number of pyridine rings is 1. The van der Waals surface area contributed by atoms with E-state index in [1.807, 2.05) is 19.9 Å². The number of amides is 1. The molecule has 0 aliphatic carbocycles. The molecule has 2 rings (SSSR count). The molecule has 0 N–H and O–H groups in total. The summed E-state index contributed by atoms with van der Waals surface area (Å²) in [4.78, 5) is 15.6. The van der Waals surface area contributed by atoms with E-state index < -0.39 is 0 Å². The Morgan fingerprint density at radius 2 is 2.21 bits per heavy atom. The van der Waals surface area contributed by atoms with Gasteiger partial charge in [0.15, 0.2) is 0 Å².